The monoisotopic (exact) mass is 244 g/mol. The Labute approximate surface area is 108 Å². The van der Waals surface area contributed by atoms with Gasteiger partial charge in [-0.05, 0) is 5.56 Å². The smallest absolute Gasteiger partial charge is 0.0919 e. The molecular formula is C14H20N4. The number of H-pyrrole nitrogens is 1. The van der Waals surface area contributed by atoms with E-state index in [0.29, 0.717) is 0 Å². The summed E-state index contributed by atoms with van der Waals surface area (Å²) in [6, 6.07) is 10.7. The van der Waals surface area contributed by atoms with Crippen LogP contribution >= 0.6 is 0 Å². The van der Waals surface area contributed by atoms with Gasteiger partial charge in [0.2, 0.25) is 0 Å². The Kier molecular flexibility index (Phi) is 5.43. The van der Waals surface area contributed by atoms with Crippen LogP contribution in [0.5, 0.6) is 0 Å². The Morgan fingerprint density at radius 2 is 1.89 bits per heavy atom. The molecule has 0 spiro atoms. The fourth-order valence-electron chi connectivity index (χ4n) is 1.93. The number of nitrogens with one attached hydrogen (secondary N) is 2. The number of hydrogen-bond acceptors (Lipinski definition) is 3. The minimum absolute atomic E-state index is 1.10. The van der Waals surface area contributed by atoms with Gasteiger partial charge < -0.3 is 10.3 Å². The van der Waals surface area contributed by atoms with Crippen molar-refractivity contribution in [2.45, 2.75) is 6.54 Å². The van der Waals surface area contributed by atoms with Crippen LogP contribution in [0.25, 0.3) is 0 Å². The maximum Gasteiger partial charge on any atom is 0.0919 e. The zero-order chi connectivity index (χ0) is 12.5. The van der Waals surface area contributed by atoms with E-state index in [1.807, 2.05) is 0 Å². The molecule has 1 saturated heterocycles. The molecule has 1 aromatic carbocycles. The van der Waals surface area contributed by atoms with Crippen molar-refractivity contribution in [1.29, 1.82) is 0 Å². The quantitative estimate of drug-likeness (QED) is 0.841. The van der Waals surface area contributed by atoms with Crippen LogP contribution < -0.4 is 5.32 Å². The maximum atomic E-state index is 3.67. The number of aromatic amines is 1. The highest BCUT2D eigenvalue weighted by atomic mass is 15.2. The van der Waals surface area contributed by atoms with Crippen molar-refractivity contribution in [3.05, 3.63) is 54.6 Å². The zero-order valence-electron chi connectivity index (χ0n) is 10.5. The van der Waals surface area contributed by atoms with E-state index in [-0.39, 0.29) is 0 Å². The summed E-state index contributed by atoms with van der Waals surface area (Å²) in [5, 5.41) is 3.36. The molecule has 1 aliphatic rings. The van der Waals surface area contributed by atoms with E-state index in [4.69, 9.17) is 0 Å². The summed E-state index contributed by atoms with van der Waals surface area (Å²) in [6.45, 7) is 5.71. The van der Waals surface area contributed by atoms with Crippen molar-refractivity contribution in [2.24, 2.45) is 0 Å². The third-order valence-corrected chi connectivity index (χ3v) is 2.86. The lowest BCUT2D eigenvalue weighted by molar-refractivity contribution is 0.233. The Hall–Kier alpha value is -1.65. The Morgan fingerprint density at radius 3 is 2.44 bits per heavy atom. The van der Waals surface area contributed by atoms with Gasteiger partial charge in [-0.15, -0.1) is 0 Å². The number of nitrogens with zero attached hydrogens (tertiary/aromatic N) is 2. The molecule has 0 radical (unpaired) electrons. The lowest BCUT2D eigenvalue weighted by Gasteiger charge is -2.27. The molecular weight excluding hydrogens is 224 g/mol. The van der Waals surface area contributed by atoms with Gasteiger partial charge in [-0.25, -0.2) is 4.98 Å². The zero-order valence-corrected chi connectivity index (χ0v) is 10.5. The van der Waals surface area contributed by atoms with Crippen molar-refractivity contribution in [3.63, 3.8) is 0 Å². The maximum absolute atomic E-state index is 3.67. The standard InChI is InChI=1S/C11H16N2.C3H4N2/c1-2-4-11(5-3-1)10-13-8-6-12-7-9-13;1-2-5-3-4-1/h1-5,12H,6-10H2;1-3H,(H,4,5). The van der Waals surface area contributed by atoms with E-state index in [9.17, 15) is 0 Å². The molecule has 18 heavy (non-hydrogen) atoms. The van der Waals surface area contributed by atoms with Crippen LogP contribution in [0.15, 0.2) is 49.1 Å². The van der Waals surface area contributed by atoms with Gasteiger partial charge in [0.25, 0.3) is 0 Å². The van der Waals surface area contributed by atoms with Gasteiger partial charge in [0.15, 0.2) is 0 Å². The number of hydrogen-bond donors (Lipinski definition) is 2. The molecule has 1 aliphatic heterocycles. The van der Waals surface area contributed by atoms with E-state index in [2.05, 4.69) is 50.5 Å². The van der Waals surface area contributed by atoms with E-state index in [1.165, 1.54) is 18.7 Å². The second-order valence-electron chi connectivity index (χ2n) is 4.27. The number of aromatic nitrogens is 2. The van der Waals surface area contributed by atoms with Gasteiger partial charge in [-0.2, -0.15) is 0 Å². The van der Waals surface area contributed by atoms with E-state index >= 15 is 0 Å². The van der Waals surface area contributed by atoms with Gasteiger partial charge in [0.05, 0.1) is 6.33 Å². The van der Waals surface area contributed by atoms with Crippen LogP contribution in [-0.2, 0) is 6.54 Å². The summed E-state index contributed by atoms with van der Waals surface area (Å²) in [4.78, 5) is 8.91. The van der Waals surface area contributed by atoms with Crippen LogP contribution in [0.2, 0.25) is 0 Å². The largest absolute Gasteiger partial charge is 0.351 e. The minimum Gasteiger partial charge on any atom is -0.351 e. The molecule has 2 aromatic rings. The van der Waals surface area contributed by atoms with Gasteiger partial charge >= 0.3 is 0 Å². The first kappa shape index (κ1) is 12.8. The number of piperazine rings is 1. The Morgan fingerprint density at radius 1 is 1.11 bits per heavy atom. The summed E-state index contributed by atoms with van der Waals surface area (Å²) in [5.74, 6) is 0. The molecule has 4 heteroatoms. The normalized spacial score (nSPS) is 15.8. The Balaban J connectivity index is 0.000000202. The third-order valence-electron chi connectivity index (χ3n) is 2.86. The molecule has 96 valence electrons. The van der Waals surface area contributed by atoms with Crippen LogP contribution in [0.3, 0.4) is 0 Å². The first-order valence-corrected chi connectivity index (χ1v) is 6.35. The molecule has 0 saturated carbocycles. The lowest BCUT2D eigenvalue weighted by atomic mass is 10.2. The molecule has 2 heterocycles. The number of imidazole rings is 1. The number of rotatable bonds is 2. The van der Waals surface area contributed by atoms with Crippen LogP contribution in [-0.4, -0.2) is 41.0 Å². The van der Waals surface area contributed by atoms with Gasteiger partial charge in [-0.1, -0.05) is 30.3 Å². The van der Waals surface area contributed by atoms with Crippen molar-refractivity contribution in [2.75, 3.05) is 26.2 Å². The first-order valence-electron chi connectivity index (χ1n) is 6.35. The molecule has 0 aliphatic carbocycles. The topological polar surface area (TPSA) is 44.0 Å². The highest BCUT2D eigenvalue weighted by molar-refractivity contribution is 5.14. The first-order chi connectivity index (χ1) is 8.95. The summed E-state index contributed by atoms with van der Waals surface area (Å²) in [7, 11) is 0. The fourth-order valence-corrected chi connectivity index (χ4v) is 1.93. The van der Waals surface area contributed by atoms with E-state index in [0.717, 1.165) is 19.6 Å². The fraction of sp³-hybridized carbons (Fsp3) is 0.357. The highest BCUT2D eigenvalue weighted by Gasteiger charge is 2.08. The third kappa shape index (κ3) is 4.69. The SMILES string of the molecule is c1c[nH]cn1.c1ccc(CN2CCNCC2)cc1. The van der Waals surface area contributed by atoms with Gasteiger partial charge in [0, 0.05) is 45.1 Å². The summed E-state index contributed by atoms with van der Waals surface area (Å²) in [5.41, 5.74) is 1.42. The molecule has 0 unspecified atom stereocenters. The second kappa shape index (κ2) is 7.63. The predicted octanol–water partition coefficient (Wildman–Crippen LogP) is 1.50. The van der Waals surface area contributed by atoms with Gasteiger partial charge in [-0.3, -0.25) is 4.90 Å². The van der Waals surface area contributed by atoms with Crippen molar-refractivity contribution in [1.82, 2.24) is 20.2 Å². The second-order valence-corrected chi connectivity index (χ2v) is 4.27. The van der Waals surface area contributed by atoms with E-state index in [1.54, 1.807) is 18.7 Å². The number of benzene rings is 1. The van der Waals surface area contributed by atoms with Gasteiger partial charge in [0.1, 0.15) is 0 Å². The predicted molar refractivity (Wildman–Crippen MR) is 73.2 cm³/mol. The molecule has 1 fully saturated rings. The van der Waals surface area contributed by atoms with Crippen molar-refractivity contribution < 1.29 is 0 Å². The molecule has 0 atom stereocenters. The molecule has 3 rings (SSSR count). The lowest BCUT2D eigenvalue weighted by Crippen LogP contribution is -2.42. The molecule has 0 bridgehead atoms. The van der Waals surface area contributed by atoms with E-state index < -0.39 is 0 Å². The summed E-state index contributed by atoms with van der Waals surface area (Å²) < 4.78 is 0. The summed E-state index contributed by atoms with van der Waals surface area (Å²) in [6.07, 6.45) is 5.08. The average Bonchev–Trinajstić information content (AvgIpc) is 3.00. The van der Waals surface area contributed by atoms with Crippen molar-refractivity contribution >= 4 is 0 Å². The summed E-state index contributed by atoms with van der Waals surface area (Å²) >= 11 is 0. The minimum atomic E-state index is 1.10. The molecule has 2 N–H and O–H groups in total. The highest BCUT2D eigenvalue weighted by Crippen LogP contribution is 2.04. The average molecular weight is 244 g/mol. The van der Waals surface area contributed by atoms with Crippen LogP contribution in [0.4, 0.5) is 0 Å². The van der Waals surface area contributed by atoms with Crippen LogP contribution in [0.1, 0.15) is 5.56 Å². The molecule has 1 aromatic heterocycles. The molecule has 0 amide bonds. The Bertz CT molecular complexity index is 376. The van der Waals surface area contributed by atoms with Crippen LogP contribution in [0, 0.1) is 0 Å². The molecule has 4 nitrogen and oxygen atoms in total. The van der Waals surface area contributed by atoms with Crippen molar-refractivity contribution in [3.8, 4) is 0 Å².